The van der Waals surface area contributed by atoms with Crippen LogP contribution in [0.2, 0.25) is 0 Å². The van der Waals surface area contributed by atoms with Crippen LogP contribution in [-0.4, -0.2) is 23.1 Å². The van der Waals surface area contributed by atoms with Gasteiger partial charge < -0.3 is 4.74 Å². The Bertz CT molecular complexity index is 857. The van der Waals surface area contributed by atoms with E-state index in [0.29, 0.717) is 6.54 Å². The van der Waals surface area contributed by atoms with Crippen LogP contribution in [0, 0.1) is 0 Å². The summed E-state index contributed by atoms with van der Waals surface area (Å²) in [6.07, 6.45) is 12.8. The fraction of sp³-hybridized carbons (Fsp3) is 0.519. The molecule has 2 aromatic rings. The van der Waals surface area contributed by atoms with E-state index in [9.17, 15) is 4.79 Å². The average molecular weight is 408 g/mol. The van der Waals surface area contributed by atoms with Gasteiger partial charge in [-0.15, -0.1) is 0 Å². The largest absolute Gasteiger partial charge is 0.443 e. The molecule has 1 aliphatic heterocycles. The van der Waals surface area contributed by atoms with Crippen molar-refractivity contribution in [3.63, 3.8) is 0 Å². The Hall–Kier alpha value is -2.29. The summed E-state index contributed by atoms with van der Waals surface area (Å²) in [6, 6.07) is 14.8. The quantitative estimate of drug-likeness (QED) is 0.480. The van der Waals surface area contributed by atoms with Crippen molar-refractivity contribution in [3.8, 4) is 0 Å². The van der Waals surface area contributed by atoms with E-state index in [1.807, 2.05) is 25.7 Å². The molecule has 0 aliphatic carbocycles. The molecule has 0 spiro atoms. The molecule has 0 atom stereocenters. The first-order valence-electron chi connectivity index (χ1n) is 11.6. The highest BCUT2D eigenvalue weighted by Crippen LogP contribution is 2.30. The van der Waals surface area contributed by atoms with Crippen LogP contribution < -0.4 is 0 Å². The van der Waals surface area contributed by atoms with Crippen molar-refractivity contribution in [2.45, 2.75) is 84.2 Å². The second-order valence-corrected chi connectivity index (χ2v) is 9.37. The van der Waals surface area contributed by atoms with E-state index >= 15 is 0 Å². The van der Waals surface area contributed by atoms with Gasteiger partial charge in [0.25, 0.3) is 0 Å². The van der Waals surface area contributed by atoms with E-state index < -0.39 is 5.60 Å². The SMILES string of the molecule is CC(C)(C)OC(=O)N1CCCCCCCCCC/C=C\1c1cccc2ccccc12. The number of nitrogens with zero attached hydrogens (tertiary/aromatic N) is 1. The van der Waals surface area contributed by atoms with Crippen LogP contribution in [0.1, 0.15) is 84.1 Å². The summed E-state index contributed by atoms with van der Waals surface area (Å²) < 4.78 is 5.84. The molecular weight excluding hydrogens is 370 g/mol. The van der Waals surface area contributed by atoms with Crippen LogP contribution in [0.3, 0.4) is 0 Å². The molecule has 1 amide bonds. The number of hydrogen-bond acceptors (Lipinski definition) is 2. The van der Waals surface area contributed by atoms with Crippen molar-refractivity contribution >= 4 is 22.6 Å². The maximum absolute atomic E-state index is 13.3. The molecule has 3 heteroatoms. The summed E-state index contributed by atoms with van der Waals surface area (Å²) in [6.45, 7) is 6.51. The highest BCUT2D eigenvalue weighted by Gasteiger charge is 2.26. The molecule has 1 heterocycles. The summed E-state index contributed by atoms with van der Waals surface area (Å²) in [5.41, 5.74) is 1.61. The van der Waals surface area contributed by atoms with E-state index in [1.54, 1.807) is 0 Å². The Labute approximate surface area is 182 Å². The lowest BCUT2D eigenvalue weighted by molar-refractivity contribution is 0.0351. The molecule has 0 fully saturated rings. The Morgan fingerprint density at radius 1 is 0.833 bits per heavy atom. The number of ether oxygens (including phenoxy) is 1. The summed E-state index contributed by atoms with van der Waals surface area (Å²) in [5.74, 6) is 0. The first-order chi connectivity index (χ1) is 14.5. The number of benzene rings is 2. The summed E-state index contributed by atoms with van der Waals surface area (Å²) >= 11 is 0. The highest BCUT2D eigenvalue weighted by atomic mass is 16.6. The molecule has 1 aliphatic rings. The lowest BCUT2D eigenvalue weighted by atomic mass is 10.00. The van der Waals surface area contributed by atoms with Gasteiger partial charge >= 0.3 is 6.09 Å². The van der Waals surface area contributed by atoms with Gasteiger partial charge in [-0.3, -0.25) is 4.90 Å². The van der Waals surface area contributed by atoms with Crippen molar-refractivity contribution in [2.24, 2.45) is 0 Å². The third kappa shape index (κ3) is 6.35. The molecule has 0 radical (unpaired) electrons. The van der Waals surface area contributed by atoms with Gasteiger partial charge in [0.15, 0.2) is 0 Å². The Kier molecular flexibility index (Phi) is 7.95. The molecular formula is C27H37NO2. The van der Waals surface area contributed by atoms with Crippen LogP contribution in [0.25, 0.3) is 16.5 Å². The maximum Gasteiger partial charge on any atom is 0.414 e. The van der Waals surface area contributed by atoms with Gasteiger partial charge in [-0.1, -0.05) is 87.1 Å². The minimum atomic E-state index is -0.512. The predicted molar refractivity (Wildman–Crippen MR) is 126 cm³/mol. The second-order valence-electron chi connectivity index (χ2n) is 9.37. The number of amides is 1. The molecule has 2 aromatic carbocycles. The Morgan fingerprint density at radius 3 is 2.20 bits per heavy atom. The highest BCUT2D eigenvalue weighted by molar-refractivity contribution is 5.96. The Morgan fingerprint density at radius 2 is 1.47 bits per heavy atom. The summed E-state index contributed by atoms with van der Waals surface area (Å²) in [7, 11) is 0. The van der Waals surface area contributed by atoms with E-state index in [-0.39, 0.29) is 6.09 Å². The normalized spacial score (nSPS) is 19.2. The molecule has 0 aromatic heterocycles. The lowest BCUT2D eigenvalue weighted by Gasteiger charge is -2.30. The van der Waals surface area contributed by atoms with Crippen LogP contribution in [0.15, 0.2) is 48.5 Å². The van der Waals surface area contributed by atoms with Crippen LogP contribution in [0.5, 0.6) is 0 Å². The number of fused-ring (bicyclic) bond motifs is 1. The van der Waals surface area contributed by atoms with Crippen LogP contribution in [-0.2, 0) is 4.74 Å². The first kappa shape index (κ1) is 22.4. The van der Waals surface area contributed by atoms with Crippen LogP contribution in [0.4, 0.5) is 4.79 Å². The van der Waals surface area contributed by atoms with E-state index in [2.05, 4.69) is 48.5 Å². The average Bonchev–Trinajstić information content (AvgIpc) is 2.73. The zero-order valence-electron chi connectivity index (χ0n) is 19.0. The van der Waals surface area contributed by atoms with Crippen molar-refractivity contribution < 1.29 is 9.53 Å². The first-order valence-corrected chi connectivity index (χ1v) is 11.6. The number of rotatable bonds is 1. The summed E-state index contributed by atoms with van der Waals surface area (Å²) in [5, 5.41) is 2.38. The van der Waals surface area contributed by atoms with Gasteiger partial charge in [0, 0.05) is 12.1 Å². The zero-order valence-corrected chi connectivity index (χ0v) is 19.0. The monoisotopic (exact) mass is 407 g/mol. The standard InChI is InChI=1S/C27H37NO2/c1-27(2,3)30-26(29)28-21-14-10-8-6-4-5-7-9-11-20-25(28)24-19-15-17-22-16-12-13-18-23(22)24/h12-13,15-20H,4-11,14,21H2,1-3H3/b25-20-. The molecule has 162 valence electrons. The maximum atomic E-state index is 13.3. The van der Waals surface area contributed by atoms with Gasteiger partial charge in [0.05, 0.1) is 5.70 Å². The predicted octanol–water partition coefficient (Wildman–Crippen LogP) is 7.94. The van der Waals surface area contributed by atoms with Crippen molar-refractivity contribution in [1.82, 2.24) is 4.90 Å². The minimum Gasteiger partial charge on any atom is -0.443 e. The topological polar surface area (TPSA) is 29.5 Å². The Balaban J connectivity index is 2.02. The third-order valence-electron chi connectivity index (χ3n) is 5.64. The van der Waals surface area contributed by atoms with Gasteiger partial charge in [0.2, 0.25) is 0 Å². The zero-order chi connectivity index (χ0) is 21.4. The molecule has 0 saturated heterocycles. The molecule has 0 unspecified atom stereocenters. The second kappa shape index (κ2) is 10.7. The minimum absolute atomic E-state index is 0.239. The van der Waals surface area contributed by atoms with E-state index in [1.165, 1.54) is 42.9 Å². The smallest absolute Gasteiger partial charge is 0.414 e. The van der Waals surface area contributed by atoms with E-state index in [4.69, 9.17) is 4.74 Å². The number of carbonyl (C=O) groups is 1. The van der Waals surface area contributed by atoms with Gasteiger partial charge in [-0.05, 0) is 50.8 Å². The van der Waals surface area contributed by atoms with Crippen molar-refractivity contribution in [2.75, 3.05) is 6.54 Å². The molecule has 0 bridgehead atoms. The lowest BCUT2D eigenvalue weighted by Crippen LogP contribution is -2.36. The number of allylic oxidation sites excluding steroid dienone is 1. The number of hydrogen-bond donors (Lipinski definition) is 0. The molecule has 30 heavy (non-hydrogen) atoms. The van der Waals surface area contributed by atoms with Crippen LogP contribution >= 0.6 is 0 Å². The number of carbonyl (C=O) groups excluding carboxylic acids is 1. The van der Waals surface area contributed by atoms with Crippen molar-refractivity contribution in [3.05, 3.63) is 54.1 Å². The van der Waals surface area contributed by atoms with Gasteiger partial charge in [0.1, 0.15) is 5.60 Å². The fourth-order valence-electron chi connectivity index (χ4n) is 4.16. The van der Waals surface area contributed by atoms with E-state index in [0.717, 1.165) is 36.9 Å². The van der Waals surface area contributed by atoms with Gasteiger partial charge in [-0.2, -0.15) is 0 Å². The molecule has 0 saturated carbocycles. The molecule has 3 rings (SSSR count). The molecule has 0 N–H and O–H groups in total. The summed E-state index contributed by atoms with van der Waals surface area (Å²) in [4.78, 5) is 15.2. The van der Waals surface area contributed by atoms with Crippen molar-refractivity contribution in [1.29, 1.82) is 0 Å². The molecule has 3 nitrogen and oxygen atoms in total. The fourth-order valence-corrected chi connectivity index (χ4v) is 4.16. The van der Waals surface area contributed by atoms with Gasteiger partial charge in [-0.25, -0.2) is 4.79 Å². The third-order valence-corrected chi connectivity index (χ3v) is 5.64.